The van der Waals surface area contributed by atoms with Crippen molar-refractivity contribution in [3.05, 3.63) is 95.8 Å². The van der Waals surface area contributed by atoms with E-state index < -0.39 is 5.89 Å². The molecule has 5 aromatic rings. The Hall–Kier alpha value is -3.04. The minimum absolute atomic E-state index is 0.184. The van der Waals surface area contributed by atoms with Gasteiger partial charge in [-0.2, -0.15) is 0 Å². The third-order valence-electron chi connectivity index (χ3n) is 6.08. The molecule has 154 valence electrons. The zero-order valence-corrected chi connectivity index (χ0v) is 19.1. The van der Waals surface area contributed by atoms with Crippen LogP contribution in [-0.2, 0) is 5.41 Å². The topological polar surface area (TPSA) is 25.8 Å². The van der Waals surface area contributed by atoms with Crippen LogP contribution in [0.25, 0.3) is 31.6 Å². The molecule has 0 saturated heterocycles. The Morgan fingerprint density at radius 3 is 2.45 bits per heavy atom. The van der Waals surface area contributed by atoms with Gasteiger partial charge in [0.05, 0.1) is 21.6 Å². The molecule has 0 aliphatic heterocycles. The van der Waals surface area contributed by atoms with Crippen LogP contribution in [0.1, 0.15) is 51.8 Å². The smallest absolute Gasteiger partial charge is 0.0892 e. The molecule has 2 aromatic carbocycles. The van der Waals surface area contributed by atoms with E-state index in [2.05, 4.69) is 79.5 Å². The first kappa shape index (κ1) is 18.7. The van der Waals surface area contributed by atoms with E-state index in [9.17, 15) is 0 Å². The van der Waals surface area contributed by atoms with Gasteiger partial charge in [-0.3, -0.25) is 9.97 Å². The van der Waals surface area contributed by atoms with Crippen LogP contribution >= 0.6 is 11.3 Å². The van der Waals surface area contributed by atoms with Gasteiger partial charge in [0.2, 0.25) is 0 Å². The number of aromatic nitrogens is 2. The summed E-state index contributed by atoms with van der Waals surface area (Å²) in [5, 5.41) is 1.16. The molecular weight excluding hydrogens is 396 g/mol. The molecule has 0 saturated carbocycles. The molecule has 3 aromatic heterocycles. The molecular formula is C28H26N2S. The van der Waals surface area contributed by atoms with Crippen LogP contribution < -0.4 is 0 Å². The van der Waals surface area contributed by atoms with Gasteiger partial charge in [-0.1, -0.05) is 64.1 Å². The van der Waals surface area contributed by atoms with Gasteiger partial charge in [-0.15, -0.1) is 11.3 Å². The summed E-state index contributed by atoms with van der Waals surface area (Å²) in [7, 11) is 0. The highest BCUT2D eigenvalue weighted by Gasteiger charge is 2.25. The maximum atomic E-state index is 8.36. The third kappa shape index (κ3) is 3.53. The Balaban J connectivity index is 1.65. The normalized spacial score (nSPS) is 13.0. The van der Waals surface area contributed by atoms with Gasteiger partial charge in [0.25, 0.3) is 0 Å². The molecule has 0 aliphatic rings. The largest absolute Gasteiger partial charge is 0.256 e. The second-order valence-electron chi connectivity index (χ2n) is 8.78. The van der Waals surface area contributed by atoms with Crippen LogP contribution in [0.2, 0.25) is 0 Å². The molecule has 0 bridgehead atoms. The number of nitrogens with zero attached hydrogens (tertiary/aromatic N) is 2. The maximum Gasteiger partial charge on any atom is 0.0892 e. The number of hydrogen-bond donors (Lipinski definition) is 0. The highest BCUT2D eigenvalue weighted by molar-refractivity contribution is 7.25. The summed E-state index contributed by atoms with van der Waals surface area (Å²) < 4.78 is 10.8. The van der Waals surface area contributed by atoms with Crippen molar-refractivity contribution in [2.24, 2.45) is 0 Å². The molecule has 0 atom stereocenters. The van der Waals surface area contributed by atoms with Gasteiger partial charge in [-0.05, 0) is 53.4 Å². The van der Waals surface area contributed by atoms with E-state index in [0.29, 0.717) is 0 Å². The summed E-state index contributed by atoms with van der Waals surface area (Å²) >= 11 is 1.78. The van der Waals surface area contributed by atoms with E-state index in [4.69, 9.17) is 6.35 Å². The van der Waals surface area contributed by atoms with E-state index in [0.717, 1.165) is 33.4 Å². The van der Waals surface area contributed by atoms with E-state index >= 15 is 0 Å². The van der Waals surface area contributed by atoms with Gasteiger partial charge >= 0.3 is 0 Å². The van der Waals surface area contributed by atoms with Gasteiger partial charge in [0.15, 0.2) is 0 Å². The Labute approximate surface area is 189 Å². The summed E-state index contributed by atoms with van der Waals surface area (Å²) in [6.07, 6.45) is 1.80. The lowest BCUT2D eigenvalue weighted by molar-refractivity contribution is 0.620. The molecule has 0 fully saturated rings. The van der Waals surface area contributed by atoms with Crippen molar-refractivity contribution in [3.63, 3.8) is 0 Å². The molecule has 0 aliphatic carbocycles. The van der Waals surface area contributed by atoms with Crippen molar-refractivity contribution in [2.45, 2.75) is 39.0 Å². The van der Waals surface area contributed by atoms with E-state index in [1.165, 1.54) is 15.0 Å². The first-order chi connectivity index (χ1) is 15.2. The van der Waals surface area contributed by atoms with E-state index in [-0.39, 0.29) is 5.41 Å². The van der Waals surface area contributed by atoms with Crippen molar-refractivity contribution >= 4 is 31.6 Å². The highest BCUT2D eigenvalue weighted by Crippen LogP contribution is 2.38. The summed E-state index contributed by atoms with van der Waals surface area (Å²) in [6, 6.07) is 25.4. The SMILES string of the molecule is [2H]C(C)(C)c1ccnc(-c2ccc3sc4ccc(C(C)(C)c5ccccc5)nc4c3c2)c1. The predicted octanol–water partition coefficient (Wildman–Crippen LogP) is 7.96. The lowest BCUT2D eigenvalue weighted by Crippen LogP contribution is -2.20. The molecule has 3 heteroatoms. The molecule has 31 heavy (non-hydrogen) atoms. The van der Waals surface area contributed by atoms with Gasteiger partial charge < -0.3 is 0 Å². The Bertz CT molecular complexity index is 1430. The zero-order valence-electron chi connectivity index (χ0n) is 19.3. The molecule has 0 N–H and O–H groups in total. The first-order valence-corrected chi connectivity index (χ1v) is 11.4. The van der Waals surface area contributed by atoms with Crippen LogP contribution in [0.15, 0.2) is 79.0 Å². The molecule has 0 spiro atoms. The molecule has 0 amide bonds. The van der Waals surface area contributed by atoms with Gasteiger partial charge in [-0.25, -0.2) is 0 Å². The summed E-state index contributed by atoms with van der Waals surface area (Å²) in [5.74, 6) is -0.656. The molecule has 0 unspecified atom stereocenters. The molecule has 5 rings (SSSR count). The lowest BCUT2D eigenvalue weighted by atomic mass is 9.81. The van der Waals surface area contributed by atoms with Crippen LogP contribution in [0.4, 0.5) is 0 Å². The average Bonchev–Trinajstić information content (AvgIpc) is 3.16. The first-order valence-electron chi connectivity index (χ1n) is 11.1. The number of fused-ring (bicyclic) bond motifs is 3. The summed E-state index contributed by atoms with van der Waals surface area (Å²) in [4.78, 5) is 9.75. The van der Waals surface area contributed by atoms with Crippen molar-refractivity contribution in [2.75, 3.05) is 0 Å². The highest BCUT2D eigenvalue weighted by atomic mass is 32.1. The van der Waals surface area contributed by atoms with Gasteiger partial charge in [0, 0.05) is 28.6 Å². The molecule has 3 heterocycles. The number of thiophene rings is 1. The van der Waals surface area contributed by atoms with Crippen molar-refractivity contribution < 1.29 is 1.37 Å². The van der Waals surface area contributed by atoms with Crippen LogP contribution in [0, 0.1) is 0 Å². The van der Waals surface area contributed by atoms with Crippen molar-refractivity contribution in [1.29, 1.82) is 0 Å². The van der Waals surface area contributed by atoms with Gasteiger partial charge in [0.1, 0.15) is 0 Å². The minimum Gasteiger partial charge on any atom is -0.256 e. The van der Waals surface area contributed by atoms with Crippen LogP contribution in [0.5, 0.6) is 0 Å². The van der Waals surface area contributed by atoms with Crippen molar-refractivity contribution in [1.82, 2.24) is 9.97 Å². The monoisotopic (exact) mass is 423 g/mol. The Morgan fingerprint density at radius 1 is 0.903 bits per heavy atom. The summed E-state index contributed by atoms with van der Waals surface area (Å²) in [6.45, 7) is 8.27. The quantitative estimate of drug-likeness (QED) is 0.293. The number of rotatable bonds is 4. The zero-order chi connectivity index (χ0) is 22.5. The predicted molar refractivity (Wildman–Crippen MR) is 133 cm³/mol. The maximum absolute atomic E-state index is 8.36. The number of hydrogen-bond acceptors (Lipinski definition) is 3. The van der Waals surface area contributed by atoms with Crippen LogP contribution in [0.3, 0.4) is 0 Å². The number of benzene rings is 2. The average molecular weight is 424 g/mol. The Morgan fingerprint density at radius 2 is 1.68 bits per heavy atom. The Kier molecular flexibility index (Phi) is 4.57. The molecule has 0 radical (unpaired) electrons. The van der Waals surface area contributed by atoms with Crippen LogP contribution in [-0.4, -0.2) is 9.97 Å². The van der Waals surface area contributed by atoms with Crippen molar-refractivity contribution in [3.8, 4) is 11.3 Å². The second-order valence-corrected chi connectivity index (χ2v) is 9.86. The second kappa shape index (κ2) is 7.58. The van der Waals surface area contributed by atoms with E-state index in [1.54, 1.807) is 17.5 Å². The van der Waals surface area contributed by atoms with E-state index in [1.807, 2.05) is 26.0 Å². The third-order valence-corrected chi connectivity index (χ3v) is 7.21. The fraction of sp³-hybridized carbons (Fsp3) is 0.214. The summed E-state index contributed by atoms with van der Waals surface area (Å²) in [5.41, 5.74) is 6.09. The fourth-order valence-electron chi connectivity index (χ4n) is 4.05. The standard InChI is InChI=1S/C28H26N2S/c1-18(2)19-14-15-29-23(17-19)20-10-11-24-22(16-20)27-25(31-24)12-13-26(30-27)28(3,4)21-8-6-5-7-9-21/h5-18H,1-4H3/i18D. The fourth-order valence-corrected chi connectivity index (χ4v) is 5.08. The lowest BCUT2D eigenvalue weighted by Gasteiger charge is -2.24. The number of pyridine rings is 2. The minimum atomic E-state index is -0.656. The molecule has 2 nitrogen and oxygen atoms in total.